The number of hydrogen-bond donors (Lipinski definition) is 2. The van der Waals surface area contributed by atoms with E-state index in [1.165, 1.54) is 30.1 Å². The van der Waals surface area contributed by atoms with Crippen LogP contribution in [0.2, 0.25) is 0 Å². The third-order valence-corrected chi connectivity index (χ3v) is 4.20. The van der Waals surface area contributed by atoms with Crippen molar-refractivity contribution in [3.8, 4) is 0 Å². The first-order chi connectivity index (χ1) is 13.8. The first kappa shape index (κ1) is 21.5. The zero-order chi connectivity index (χ0) is 21.4. The van der Waals surface area contributed by atoms with E-state index in [0.717, 1.165) is 18.1 Å². The van der Waals surface area contributed by atoms with E-state index in [1.54, 1.807) is 6.07 Å². The zero-order valence-corrected chi connectivity index (χ0v) is 16.2. The van der Waals surface area contributed by atoms with Gasteiger partial charge in [0.25, 0.3) is 11.6 Å². The number of anilines is 1. The second-order valence-electron chi connectivity index (χ2n) is 6.30. The van der Waals surface area contributed by atoms with Crippen molar-refractivity contribution in [3.63, 3.8) is 0 Å². The van der Waals surface area contributed by atoms with Crippen LogP contribution in [0.15, 0.2) is 48.5 Å². The fourth-order valence-electron chi connectivity index (χ4n) is 2.60. The fourth-order valence-corrected chi connectivity index (χ4v) is 2.60. The van der Waals surface area contributed by atoms with Crippen molar-refractivity contribution in [2.45, 2.75) is 13.3 Å². The number of non-ortho nitro benzene ring substituents is 1. The molecule has 0 radical (unpaired) electrons. The number of nitrogens with one attached hydrogen (secondary N) is 2. The predicted octanol–water partition coefficient (Wildman–Crippen LogP) is 1.98. The third kappa shape index (κ3) is 6.13. The van der Waals surface area contributed by atoms with Gasteiger partial charge in [0.15, 0.2) is 0 Å². The van der Waals surface area contributed by atoms with E-state index in [1.807, 2.05) is 25.1 Å². The molecule has 0 spiro atoms. The number of carbonyl (C=O) groups is 3. The summed E-state index contributed by atoms with van der Waals surface area (Å²) < 4.78 is 0. The molecule has 2 N–H and O–H groups in total. The van der Waals surface area contributed by atoms with E-state index in [-0.39, 0.29) is 30.2 Å². The fraction of sp³-hybridized carbons (Fsp3) is 0.250. The van der Waals surface area contributed by atoms with E-state index in [9.17, 15) is 24.5 Å². The van der Waals surface area contributed by atoms with E-state index < -0.39 is 16.7 Å². The Bertz CT molecular complexity index is 929. The summed E-state index contributed by atoms with van der Waals surface area (Å²) in [5.74, 6) is -1.44. The maximum absolute atomic E-state index is 12.2. The highest BCUT2D eigenvalue weighted by molar-refractivity contribution is 5.98. The van der Waals surface area contributed by atoms with Crippen LogP contribution in [-0.4, -0.2) is 47.7 Å². The van der Waals surface area contributed by atoms with Crippen LogP contribution in [0.25, 0.3) is 0 Å². The molecule has 0 fully saturated rings. The Morgan fingerprint density at radius 1 is 1.10 bits per heavy atom. The Labute approximate surface area is 167 Å². The molecule has 0 atom stereocenters. The molecule has 9 heteroatoms. The third-order valence-electron chi connectivity index (χ3n) is 4.20. The van der Waals surface area contributed by atoms with E-state index in [4.69, 9.17) is 0 Å². The minimum Gasteiger partial charge on any atom is -0.343 e. The number of likely N-dealkylation sites (N-methyl/N-ethyl adjacent to an activating group) is 1. The van der Waals surface area contributed by atoms with E-state index in [2.05, 4.69) is 10.6 Å². The van der Waals surface area contributed by atoms with Gasteiger partial charge in [-0.05, 0) is 24.1 Å². The first-order valence-corrected chi connectivity index (χ1v) is 8.96. The molecule has 0 heterocycles. The molecule has 0 aliphatic carbocycles. The first-order valence-electron chi connectivity index (χ1n) is 8.96. The molecule has 152 valence electrons. The maximum atomic E-state index is 12.2. The summed E-state index contributed by atoms with van der Waals surface area (Å²) in [5, 5.41) is 16.0. The van der Waals surface area contributed by atoms with Gasteiger partial charge >= 0.3 is 0 Å². The summed E-state index contributed by atoms with van der Waals surface area (Å²) in [5.41, 5.74) is 1.53. The minimum atomic E-state index is -0.614. The summed E-state index contributed by atoms with van der Waals surface area (Å²) in [4.78, 5) is 47.9. The van der Waals surface area contributed by atoms with Crippen LogP contribution < -0.4 is 10.6 Å². The van der Waals surface area contributed by atoms with Crippen molar-refractivity contribution in [2.24, 2.45) is 0 Å². The number of hydrogen-bond acceptors (Lipinski definition) is 5. The van der Waals surface area contributed by atoms with Gasteiger partial charge < -0.3 is 15.5 Å². The Kier molecular flexibility index (Phi) is 7.41. The van der Waals surface area contributed by atoms with Crippen molar-refractivity contribution in [3.05, 3.63) is 69.8 Å². The number of nitrogens with zero attached hydrogens (tertiary/aromatic N) is 2. The van der Waals surface area contributed by atoms with Gasteiger partial charge in [0, 0.05) is 30.4 Å². The lowest BCUT2D eigenvalue weighted by Gasteiger charge is -2.18. The number of carbonyl (C=O) groups excluding carboxylic acids is 3. The Hall–Kier alpha value is -3.75. The molecular formula is C20H22N4O5. The van der Waals surface area contributed by atoms with Gasteiger partial charge in [0.1, 0.15) is 0 Å². The molecule has 29 heavy (non-hydrogen) atoms. The van der Waals surface area contributed by atoms with Crippen LogP contribution >= 0.6 is 0 Å². The van der Waals surface area contributed by atoms with Crippen LogP contribution in [0.5, 0.6) is 0 Å². The van der Waals surface area contributed by atoms with Crippen molar-refractivity contribution < 1.29 is 19.3 Å². The van der Waals surface area contributed by atoms with Gasteiger partial charge in [-0.1, -0.05) is 31.2 Å². The molecule has 0 aliphatic heterocycles. The topological polar surface area (TPSA) is 122 Å². The number of aryl methyl sites for hydroxylation is 1. The summed E-state index contributed by atoms with van der Waals surface area (Å²) in [6, 6.07) is 12.6. The van der Waals surface area contributed by atoms with Crippen molar-refractivity contribution >= 4 is 29.1 Å². The number of benzene rings is 2. The molecule has 0 saturated carbocycles. The molecule has 9 nitrogen and oxygen atoms in total. The quantitative estimate of drug-likeness (QED) is 0.520. The molecule has 0 aliphatic rings. The zero-order valence-electron chi connectivity index (χ0n) is 16.2. The molecule has 0 bridgehead atoms. The molecule has 2 aromatic carbocycles. The number of rotatable bonds is 8. The summed E-state index contributed by atoms with van der Waals surface area (Å²) in [6.45, 7) is 1.46. The Morgan fingerprint density at radius 3 is 2.52 bits per heavy atom. The van der Waals surface area contributed by atoms with Crippen LogP contribution in [0.3, 0.4) is 0 Å². The maximum Gasteiger partial charge on any atom is 0.270 e. The lowest BCUT2D eigenvalue weighted by Crippen LogP contribution is -2.41. The molecule has 0 unspecified atom stereocenters. The predicted molar refractivity (Wildman–Crippen MR) is 108 cm³/mol. The van der Waals surface area contributed by atoms with E-state index >= 15 is 0 Å². The number of nitro benzene ring substituents is 1. The van der Waals surface area contributed by atoms with Crippen molar-refractivity contribution in [2.75, 3.05) is 25.5 Å². The lowest BCUT2D eigenvalue weighted by molar-refractivity contribution is -0.384. The monoisotopic (exact) mass is 398 g/mol. The molecular weight excluding hydrogens is 376 g/mol. The molecule has 2 aromatic rings. The SMILES string of the molecule is CCc1ccccc1NC(=O)CN(C)C(=O)CNC(=O)c1cccc([N+](=O)[O-])c1. The lowest BCUT2D eigenvalue weighted by atomic mass is 10.1. The van der Waals surface area contributed by atoms with Gasteiger partial charge in [0.05, 0.1) is 18.0 Å². The molecule has 0 saturated heterocycles. The number of para-hydroxylation sites is 1. The summed E-state index contributed by atoms with van der Waals surface area (Å²) >= 11 is 0. The van der Waals surface area contributed by atoms with E-state index in [0.29, 0.717) is 5.69 Å². The van der Waals surface area contributed by atoms with Gasteiger partial charge in [0.2, 0.25) is 11.8 Å². The van der Waals surface area contributed by atoms with Gasteiger partial charge in [-0.3, -0.25) is 24.5 Å². The Morgan fingerprint density at radius 2 is 1.83 bits per heavy atom. The standard InChI is InChI=1S/C20H22N4O5/c1-3-14-7-4-5-10-17(14)22-18(25)13-23(2)19(26)12-21-20(27)15-8-6-9-16(11-15)24(28)29/h4-11H,3,12-13H2,1-2H3,(H,21,27)(H,22,25). The smallest absolute Gasteiger partial charge is 0.270 e. The second-order valence-corrected chi connectivity index (χ2v) is 6.30. The summed E-state index contributed by atoms with van der Waals surface area (Å²) in [6.07, 6.45) is 0.759. The normalized spacial score (nSPS) is 10.1. The summed E-state index contributed by atoms with van der Waals surface area (Å²) in [7, 11) is 1.45. The Balaban J connectivity index is 1.87. The minimum absolute atomic E-state index is 0.0727. The highest BCUT2D eigenvalue weighted by atomic mass is 16.6. The highest BCUT2D eigenvalue weighted by Crippen LogP contribution is 2.15. The van der Waals surface area contributed by atoms with Gasteiger partial charge in [-0.15, -0.1) is 0 Å². The van der Waals surface area contributed by atoms with Crippen molar-refractivity contribution in [1.82, 2.24) is 10.2 Å². The highest BCUT2D eigenvalue weighted by Gasteiger charge is 2.16. The van der Waals surface area contributed by atoms with Crippen LogP contribution in [0, 0.1) is 10.1 Å². The van der Waals surface area contributed by atoms with Crippen LogP contribution in [0.4, 0.5) is 11.4 Å². The largest absolute Gasteiger partial charge is 0.343 e. The second kappa shape index (κ2) is 9.98. The molecule has 0 aromatic heterocycles. The van der Waals surface area contributed by atoms with Crippen LogP contribution in [-0.2, 0) is 16.0 Å². The van der Waals surface area contributed by atoms with Crippen LogP contribution in [0.1, 0.15) is 22.8 Å². The van der Waals surface area contributed by atoms with Gasteiger partial charge in [-0.2, -0.15) is 0 Å². The number of nitro groups is 1. The average Bonchev–Trinajstić information content (AvgIpc) is 2.71. The molecule has 3 amide bonds. The average molecular weight is 398 g/mol. The van der Waals surface area contributed by atoms with Crippen molar-refractivity contribution in [1.29, 1.82) is 0 Å². The molecule has 2 rings (SSSR count). The van der Waals surface area contributed by atoms with Gasteiger partial charge in [-0.25, -0.2) is 0 Å². The number of amides is 3.